The minimum atomic E-state index is -0.275. The van der Waals surface area contributed by atoms with Crippen LogP contribution >= 0.6 is 23.2 Å². The van der Waals surface area contributed by atoms with E-state index in [1.165, 1.54) is 0 Å². The lowest BCUT2D eigenvalue weighted by molar-refractivity contribution is 0.0955. The molecular weight excluding hydrogens is 435 g/mol. The predicted molar refractivity (Wildman–Crippen MR) is 125 cm³/mol. The molecule has 3 rings (SSSR count). The van der Waals surface area contributed by atoms with E-state index < -0.39 is 0 Å². The Hall–Kier alpha value is -3.02. The van der Waals surface area contributed by atoms with E-state index in [0.29, 0.717) is 40.3 Å². The first-order valence-electron chi connectivity index (χ1n) is 9.70. The zero-order valence-corrected chi connectivity index (χ0v) is 18.7. The number of hydrogen-bond acceptors (Lipinski definition) is 4. The first-order valence-corrected chi connectivity index (χ1v) is 10.5. The molecule has 31 heavy (non-hydrogen) atoms. The number of hydrazone groups is 1. The molecule has 0 spiro atoms. The molecule has 160 valence electrons. The molecule has 0 atom stereocenters. The van der Waals surface area contributed by atoms with Crippen LogP contribution in [0.2, 0.25) is 10.0 Å². The van der Waals surface area contributed by atoms with Gasteiger partial charge in [0.1, 0.15) is 6.61 Å². The van der Waals surface area contributed by atoms with Crippen molar-refractivity contribution in [2.45, 2.75) is 20.5 Å². The van der Waals surface area contributed by atoms with Gasteiger partial charge in [-0.05, 0) is 67.4 Å². The number of rotatable bonds is 8. The summed E-state index contributed by atoms with van der Waals surface area (Å²) in [5, 5.41) is 5.01. The molecule has 3 aromatic rings. The Morgan fingerprint density at radius 3 is 2.45 bits per heavy atom. The number of ether oxygens (including phenoxy) is 2. The smallest absolute Gasteiger partial charge is 0.271 e. The van der Waals surface area contributed by atoms with Crippen LogP contribution in [0.4, 0.5) is 0 Å². The van der Waals surface area contributed by atoms with Crippen LogP contribution in [0, 0.1) is 6.92 Å². The molecule has 0 aliphatic carbocycles. The summed E-state index contributed by atoms with van der Waals surface area (Å²) < 4.78 is 11.6. The van der Waals surface area contributed by atoms with Crippen LogP contribution < -0.4 is 14.9 Å². The Bertz CT molecular complexity index is 1080. The molecule has 0 fully saturated rings. The van der Waals surface area contributed by atoms with Crippen molar-refractivity contribution in [3.8, 4) is 11.5 Å². The summed E-state index contributed by atoms with van der Waals surface area (Å²) in [7, 11) is 0. The SMILES string of the molecule is CCOc1cc(/C=N\NC(=O)c2ccc(C)cc2)ccc1OCc1ccc(Cl)c(Cl)c1. The van der Waals surface area contributed by atoms with Crippen LogP contribution in [-0.2, 0) is 6.61 Å². The fourth-order valence-corrected chi connectivity index (χ4v) is 3.04. The number of carbonyl (C=O) groups excluding carboxylic acids is 1. The molecule has 0 unspecified atom stereocenters. The number of halogens is 2. The molecule has 0 aliphatic heterocycles. The maximum absolute atomic E-state index is 12.1. The van der Waals surface area contributed by atoms with Crippen molar-refractivity contribution in [3.05, 3.63) is 93.0 Å². The topological polar surface area (TPSA) is 59.9 Å². The van der Waals surface area contributed by atoms with Crippen molar-refractivity contribution < 1.29 is 14.3 Å². The molecule has 0 heterocycles. The number of amides is 1. The van der Waals surface area contributed by atoms with Gasteiger partial charge in [0.15, 0.2) is 11.5 Å². The summed E-state index contributed by atoms with van der Waals surface area (Å²) in [4.78, 5) is 12.1. The van der Waals surface area contributed by atoms with Crippen LogP contribution in [-0.4, -0.2) is 18.7 Å². The van der Waals surface area contributed by atoms with Crippen LogP contribution in [0.15, 0.2) is 65.8 Å². The molecule has 0 saturated carbocycles. The van der Waals surface area contributed by atoms with Crippen LogP contribution in [0.1, 0.15) is 34.0 Å². The monoisotopic (exact) mass is 456 g/mol. The summed E-state index contributed by atoms with van der Waals surface area (Å²) in [6, 6.07) is 18.0. The number of aryl methyl sites for hydroxylation is 1. The first kappa shape index (κ1) is 22.7. The molecule has 0 bridgehead atoms. The lowest BCUT2D eigenvalue weighted by Gasteiger charge is -2.13. The van der Waals surface area contributed by atoms with Crippen LogP contribution in [0.3, 0.4) is 0 Å². The van der Waals surface area contributed by atoms with Crippen molar-refractivity contribution in [2.75, 3.05) is 6.61 Å². The van der Waals surface area contributed by atoms with E-state index in [4.69, 9.17) is 32.7 Å². The van der Waals surface area contributed by atoms with Crippen LogP contribution in [0.5, 0.6) is 11.5 Å². The largest absolute Gasteiger partial charge is 0.490 e. The summed E-state index contributed by atoms with van der Waals surface area (Å²) in [5.74, 6) is 0.896. The van der Waals surface area contributed by atoms with Gasteiger partial charge in [-0.3, -0.25) is 4.79 Å². The Morgan fingerprint density at radius 2 is 1.74 bits per heavy atom. The average molecular weight is 457 g/mol. The number of hydrogen-bond donors (Lipinski definition) is 1. The molecular formula is C24H22Cl2N2O3. The summed E-state index contributed by atoms with van der Waals surface area (Å²) >= 11 is 12.0. The summed E-state index contributed by atoms with van der Waals surface area (Å²) in [6.45, 7) is 4.66. The van der Waals surface area contributed by atoms with Gasteiger partial charge < -0.3 is 9.47 Å². The number of carbonyl (C=O) groups is 1. The van der Waals surface area contributed by atoms with Gasteiger partial charge in [-0.2, -0.15) is 5.10 Å². The lowest BCUT2D eigenvalue weighted by Crippen LogP contribution is -2.17. The summed E-state index contributed by atoms with van der Waals surface area (Å²) in [6.07, 6.45) is 1.55. The fourth-order valence-electron chi connectivity index (χ4n) is 2.72. The van der Waals surface area contributed by atoms with E-state index in [1.54, 1.807) is 42.6 Å². The molecule has 0 radical (unpaired) electrons. The Balaban J connectivity index is 1.66. The minimum Gasteiger partial charge on any atom is -0.490 e. The van der Waals surface area contributed by atoms with Crippen molar-refractivity contribution in [3.63, 3.8) is 0 Å². The molecule has 3 aromatic carbocycles. The standard InChI is InChI=1S/C24H22Cl2N2O3/c1-3-30-23-13-17(14-27-28-24(29)19-8-4-16(2)5-9-19)7-11-22(23)31-15-18-6-10-20(25)21(26)12-18/h4-14H,3,15H2,1-2H3,(H,28,29)/b27-14-. The second-order valence-electron chi connectivity index (χ2n) is 6.74. The zero-order chi connectivity index (χ0) is 22.2. The highest BCUT2D eigenvalue weighted by atomic mass is 35.5. The van der Waals surface area contributed by atoms with Gasteiger partial charge in [0, 0.05) is 5.56 Å². The third-order valence-electron chi connectivity index (χ3n) is 4.34. The number of nitrogens with one attached hydrogen (secondary N) is 1. The molecule has 0 saturated heterocycles. The average Bonchev–Trinajstić information content (AvgIpc) is 2.76. The van der Waals surface area contributed by atoms with E-state index in [9.17, 15) is 4.79 Å². The van der Waals surface area contributed by atoms with E-state index in [-0.39, 0.29) is 5.91 Å². The van der Waals surface area contributed by atoms with Crippen LogP contribution in [0.25, 0.3) is 0 Å². The molecule has 7 heteroatoms. The normalized spacial score (nSPS) is 10.8. The Labute approximate surface area is 191 Å². The second kappa shape index (κ2) is 10.8. The van der Waals surface area contributed by atoms with Crippen molar-refractivity contribution >= 4 is 35.3 Å². The van der Waals surface area contributed by atoms with Crippen molar-refractivity contribution in [1.29, 1.82) is 0 Å². The fraction of sp³-hybridized carbons (Fsp3) is 0.167. The molecule has 1 amide bonds. The minimum absolute atomic E-state index is 0.275. The van der Waals surface area contributed by atoms with Gasteiger partial charge in [0.05, 0.1) is 22.9 Å². The number of nitrogens with zero attached hydrogens (tertiary/aromatic N) is 1. The highest BCUT2D eigenvalue weighted by molar-refractivity contribution is 6.42. The maximum atomic E-state index is 12.1. The van der Waals surface area contributed by atoms with Gasteiger partial charge in [0.2, 0.25) is 0 Å². The molecule has 5 nitrogen and oxygen atoms in total. The Kier molecular flexibility index (Phi) is 7.93. The molecule has 1 N–H and O–H groups in total. The van der Waals surface area contributed by atoms with Gasteiger partial charge >= 0.3 is 0 Å². The van der Waals surface area contributed by atoms with Gasteiger partial charge in [0.25, 0.3) is 5.91 Å². The Morgan fingerprint density at radius 1 is 0.968 bits per heavy atom. The van der Waals surface area contributed by atoms with E-state index in [1.807, 2.05) is 38.1 Å². The number of benzene rings is 3. The highest BCUT2D eigenvalue weighted by Crippen LogP contribution is 2.30. The van der Waals surface area contributed by atoms with Gasteiger partial charge in [-0.1, -0.05) is 47.0 Å². The van der Waals surface area contributed by atoms with Gasteiger partial charge in [-0.15, -0.1) is 0 Å². The molecule has 0 aliphatic rings. The summed E-state index contributed by atoms with van der Waals surface area (Å²) in [5.41, 5.74) is 5.81. The quantitative estimate of drug-likeness (QED) is 0.331. The third-order valence-corrected chi connectivity index (χ3v) is 5.08. The first-order chi connectivity index (χ1) is 15.0. The van der Waals surface area contributed by atoms with E-state index >= 15 is 0 Å². The highest BCUT2D eigenvalue weighted by Gasteiger charge is 2.08. The maximum Gasteiger partial charge on any atom is 0.271 e. The third kappa shape index (κ3) is 6.48. The molecule has 0 aromatic heterocycles. The van der Waals surface area contributed by atoms with Crippen molar-refractivity contribution in [2.24, 2.45) is 5.10 Å². The zero-order valence-electron chi connectivity index (χ0n) is 17.2. The predicted octanol–water partition coefficient (Wildman–Crippen LogP) is 6.04. The van der Waals surface area contributed by atoms with Crippen molar-refractivity contribution in [1.82, 2.24) is 5.43 Å². The second-order valence-corrected chi connectivity index (χ2v) is 7.56. The lowest BCUT2D eigenvalue weighted by atomic mass is 10.1. The van der Waals surface area contributed by atoms with E-state index in [0.717, 1.165) is 16.7 Å². The van der Waals surface area contributed by atoms with Gasteiger partial charge in [-0.25, -0.2) is 5.43 Å². The van der Waals surface area contributed by atoms with E-state index in [2.05, 4.69) is 10.5 Å².